The van der Waals surface area contributed by atoms with Crippen molar-refractivity contribution >= 4 is 11.6 Å². The SMILES string of the molecule is CC(C)NCc1ccc(Cl)cc1-c1cc(F)cc(F)c1. The van der Waals surface area contributed by atoms with Crippen molar-refractivity contribution in [2.75, 3.05) is 0 Å². The molecule has 0 amide bonds. The Morgan fingerprint density at radius 3 is 2.30 bits per heavy atom. The van der Waals surface area contributed by atoms with Crippen molar-refractivity contribution in [2.45, 2.75) is 26.4 Å². The van der Waals surface area contributed by atoms with Gasteiger partial charge in [-0.05, 0) is 41.0 Å². The van der Waals surface area contributed by atoms with E-state index in [1.807, 2.05) is 19.9 Å². The summed E-state index contributed by atoms with van der Waals surface area (Å²) in [6, 6.07) is 9.19. The number of benzene rings is 2. The van der Waals surface area contributed by atoms with E-state index in [1.165, 1.54) is 12.1 Å². The molecule has 1 N–H and O–H groups in total. The van der Waals surface area contributed by atoms with E-state index in [1.54, 1.807) is 12.1 Å². The average Bonchev–Trinajstić information content (AvgIpc) is 2.36. The lowest BCUT2D eigenvalue weighted by Gasteiger charge is -2.13. The van der Waals surface area contributed by atoms with Gasteiger partial charge in [-0.2, -0.15) is 0 Å². The Morgan fingerprint density at radius 1 is 1.05 bits per heavy atom. The Hall–Kier alpha value is -1.45. The summed E-state index contributed by atoms with van der Waals surface area (Å²) in [7, 11) is 0. The third-order valence-corrected chi connectivity index (χ3v) is 3.18. The van der Waals surface area contributed by atoms with Crippen LogP contribution in [-0.2, 0) is 6.54 Å². The minimum atomic E-state index is -0.595. The lowest BCUT2D eigenvalue weighted by atomic mass is 9.99. The van der Waals surface area contributed by atoms with Gasteiger partial charge < -0.3 is 5.32 Å². The number of hydrogen-bond acceptors (Lipinski definition) is 1. The molecular weight excluding hydrogens is 280 g/mol. The predicted molar refractivity (Wildman–Crippen MR) is 78.8 cm³/mol. The number of halogens is 3. The van der Waals surface area contributed by atoms with Crippen LogP contribution in [0.4, 0.5) is 8.78 Å². The maximum Gasteiger partial charge on any atom is 0.126 e. The minimum Gasteiger partial charge on any atom is -0.310 e. The van der Waals surface area contributed by atoms with E-state index in [4.69, 9.17) is 11.6 Å². The van der Waals surface area contributed by atoms with Crippen molar-refractivity contribution in [1.29, 1.82) is 0 Å². The largest absolute Gasteiger partial charge is 0.310 e. The first kappa shape index (κ1) is 14.9. The molecule has 0 aromatic heterocycles. The van der Waals surface area contributed by atoms with Crippen LogP contribution in [0.25, 0.3) is 11.1 Å². The zero-order chi connectivity index (χ0) is 14.7. The molecule has 0 radical (unpaired) electrons. The van der Waals surface area contributed by atoms with E-state index >= 15 is 0 Å². The van der Waals surface area contributed by atoms with Crippen molar-refractivity contribution in [3.05, 3.63) is 58.6 Å². The van der Waals surface area contributed by atoms with E-state index in [0.717, 1.165) is 17.2 Å². The van der Waals surface area contributed by atoms with Crippen LogP contribution in [-0.4, -0.2) is 6.04 Å². The molecule has 0 aliphatic rings. The van der Waals surface area contributed by atoms with Gasteiger partial charge in [-0.15, -0.1) is 0 Å². The monoisotopic (exact) mass is 295 g/mol. The summed E-state index contributed by atoms with van der Waals surface area (Å²) >= 11 is 6.00. The van der Waals surface area contributed by atoms with Crippen molar-refractivity contribution in [3.8, 4) is 11.1 Å². The fourth-order valence-corrected chi connectivity index (χ4v) is 2.17. The fourth-order valence-electron chi connectivity index (χ4n) is 1.99. The van der Waals surface area contributed by atoms with Gasteiger partial charge in [0.25, 0.3) is 0 Å². The van der Waals surface area contributed by atoms with Crippen LogP contribution in [0, 0.1) is 11.6 Å². The van der Waals surface area contributed by atoms with Crippen molar-refractivity contribution < 1.29 is 8.78 Å². The first-order valence-electron chi connectivity index (χ1n) is 6.44. The fraction of sp³-hybridized carbons (Fsp3) is 0.250. The second kappa shape index (κ2) is 6.33. The summed E-state index contributed by atoms with van der Waals surface area (Å²) in [5.41, 5.74) is 2.18. The minimum absolute atomic E-state index is 0.322. The molecule has 0 heterocycles. The molecule has 0 aliphatic heterocycles. The Morgan fingerprint density at radius 2 is 1.70 bits per heavy atom. The Balaban J connectivity index is 2.45. The lowest BCUT2D eigenvalue weighted by Crippen LogP contribution is -2.22. The first-order valence-corrected chi connectivity index (χ1v) is 6.82. The van der Waals surface area contributed by atoms with Gasteiger partial charge in [0.1, 0.15) is 11.6 Å². The smallest absolute Gasteiger partial charge is 0.126 e. The van der Waals surface area contributed by atoms with E-state index < -0.39 is 11.6 Å². The number of nitrogens with one attached hydrogen (secondary N) is 1. The Bertz CT molecular complexity index is 591. The van der Waals surface area contributed by atoms with Gasteiger partial charge >= 0.3 is 0 Å². The number of hydrogen-bond donors (Lipinski definition) is 1. The number of rotatable bonds is 4. The molecule has 0 unspecified atom stereocenters. The molecule has 2 rings (SSSR count). The topological polar surface area (TPSA) is 12.0 Å². The summed E-state index contributed by atoms with van der Waals surface area (Å²) in [6.07, 6.45) is 0. The maximum atomic E-state index is 13.4. The van der Waals surface area contributed by atoms with Crippen LogP contribution in [0.2, 0.25) is 5.02 Å². The second-order valence-corrected chi connectivity index (χ2v) is 5.43. The van der Waals surface area contributed by atoms with Gasteiger partial charge in [0.05, 0.1) is 0 Å². The predicted octanol–water partition coefficient (Wildman–Crippen LogP) is 4.78. The molecule has 0 fully saturated rings. The first-order chi connectivity index (χ1) is 9.45. The van der Waals surface area contributed by atoms with E-state index in [0.29, 0.717) is 23.2 Å². The van der Waals surface area contributed by atoms with Crippen LogP contribution in [0.15, 0.2) is 36.4 Å². The van der Waals surface area contributed by atoms with Gasteiger partial charge in [-0.25, -0.2) is 8.78 Å². The molecule has 2 aromatic carbocycles. The lowest BCUT2D eigenvalue weighted by molar-refractivity contribution is 0.583. The second-order valence-electron chi connectivity index (χ2n) is 5.00. The van der Waals surface area contributed by atoms with E-state index in [-0.39, 0.29) is 0 Å². The van der Waals surface area contributed by atoms with Crippen LogP contribution >= 0.6 is 11.6 Å². The molecule has 4 heteroatoms. The molecule has 20 heavy (non-hydrogen) atoms. The molecule has 0 bridgehead atoms. The van der Waals surface area contributed by atoms with Gasteiger partial charge in [0.2, 0.25) is 0 Å². The summed E-state index contributed by atoms with van der Waals surface area (Å²) in [5, 5.41) is 3.83. The molecular formula is C16H16ClF2N. The third kappa shape index (κ3) is 3.78. The Kier molecular flexibility index (Phi) is 4.73. The molecule has 106 valence electrons. The molecule has 1 nitrogen and oxygen atoms in total. The molecule has 0 atom stereocenters. The average molecular weight is 296 g/mol. The van der Waals surface area contributed by atoms with Crippen LogP contribution in [0.5, 0.6) is 0 Å². The Labute approximate surface area is 122 Å². The zero-order valence-electron chi connectivity index (χ0n) is 11.4. The van der Waals surface area contributed by atoms with Crippen molar-refractivity contribution in [1.82, 2.24) is 5.32 Å². The van der Waals surface area contributed by atoms with Crippen LogP contribution < -0.4 is 5.32 Å². The zero-order valence-corrected chi connectivity index (χ0v) is 12.1. The highest BCUT2D eigenvalue weighted by atomic mass is 35.5. The van der Waals surface area contributed by atoms with Gasteiger partial charge in [-0.1, -0.05) is 31.5 Å². The summed E-state index contributed by atoms with van der Waals surface area (Å²) in [4.78, 5) is 0. The van der Waals surface area contributed by atoms with E-state index in [2.05, 4.69) is 5.32 Å². The van der Waals surface area contributed by atoms with Crippen LogP contribution in [0.1, 0.15) is 19.4 Å². The normalized spacial score (nSPS) is 11.1. The van der Waals surface area contributed by atoms with Gasteiger partial charge in [-0.3, -0.25) is 0 Å². The van der Waals surface area contributed by atoms with Crippen LogP contribution in [0.3, 0.4) is 0 Å². The summed E-state index contributed by atoms with van der Waals surface area (Å²) in [5.74, 6) is -1.19. The van der Waals surface area contributed by atoms with Gasteiger partial charge in [0.15, 0.2) is 0 Å². The molecule has 0 saturated heterocycles. The third-order valence-electron chi connectivity index (χ3n) is 2.95. The molecule has 0 aliphatic carbocycles. The maximum absolute atomic E-state index is 13.4. The standard InChI is InChI=1S/C16H16ClF2N/c1-10(2)20-9-11-3-4-13(17)7-16(11)12-5-14(18)8-15(19)6-12/h3-8,10,20H,9H2,1-2H3. The summed E-state index contributed by atoms with van der Waals surface area (Å²) < 4.78 is 26.7. The van der Waals surface area contributed by atoms with E-state index in [9.17, 15) is 8.78 Å². The highest BCUT2D eigenvalue weighted by Gasteiger charge is 2.09. The van der Waals surface area contributed by atoms with Crippen molar-refractivity contribution in [2.24, 2.45) is 0 Å². The molecule has 0 spiro atoms. The van der Waals surface area contributed by atoms with Gasteiger partial charge in [0, 0.05) is 23.7 Å². The highest BCUT2D eigenvalue weighted by Crippen LogP contribution is 2.28. The van der Waals surface area contributed by atoms with Crippen molar-refractivity contribution in [3.63, 3.8) is 0 Å². The molecule has 2 aromatic rings. The molecule has 0 saturated carbocycles. The summed E-state index contributed by atoms with van der Waals surface area (Å²) in [6.45, 7) is 4.69. The quantitative estimate of drug-likeness (QED) is 0.855. The highest BCUT2D eigenvalue weighted by molar-refractivity contribution is 6.30.